The molecule has 1 heterocycles. The van der Waals surface area contributed by atoms with Gasteiger partial charge >= 0.3 is 0 Å². The molecule has 84 valence electrons. The molecule has 1 aromatic carbocycles. The van der Waals surface area contributed by atoms with Crippen LogP contribution in [0.5, 0.6) is 11.5 Å². The Labute approximate surface area is 94.7 Å². The fourth-order valence-corrected chi connectivity index (χ4v) is 1.82. The molecule has 1 aromatic rings. The second kappa shape index (κ2) is 3.67. The van der Waals surface area contributed by atoms with E-state index in [1.807, 2.05) is 32.1 Å². The zero-order valence-electron chi connectivity index (χ0n) is 9.61. The second-order valence-corrected chi connectivity index (χ2v) is 4.29. The molecular weight excluding hydrogens is 204 g/mol. The number of rotatable bonds is 2. The third kappa shape index (κ3) is 1.81. The molecule has 0 spiro atoms. The fraction of sp³-hybridized carbons (Fsp3) is 0.308. The molecule has 1 aliphatic rings. The molecule has 0 bridgehead atoms. The summed E-state index contributed by atoms with van der Waals surface area (Å²) in [6, 6.07) is 5.45. The number of aldehydes is 1. The number of hydrogen-bond donors (Lipinski definition) is 0. The van der Waals surface area contributed by atoms with Crippen molar-refractivity contribution in [3.8, 4) is 11.5 Å². The van der Waals surface area contributed by atoms with Crippen LogP contribution in [0.2, 0.25) is 0 Å². The average Bonchev–Trinajstić information content (AvgIpc) is 2.25. The number of carbonyl (C=O) groups is 1. The van der Waals surface area contributed by atoms with E-state index in [9.17, 15) is 4.79 Å². The summed E-state index contributed by atoms with van der Waals surface area (Å²) < 4.78 is 10.9. The Kier molecular flexibility index (Phi) is 2.46. The normalized spacial score (nSPS) is 16.8. The molecule has 0 aromatic heterocycles. The molecule has 0 unspecified atom stereocenters. The van der Waals surface area contributed by atoms with Gasteiger partial charge in [0.1, 0.15) is 17.1 Å². The largest absolute Gasteiger partial charge is 0.497 e. The maximum absolute atomic E-state index is 11.0. The molecule has 0 fully saturated rings. The quantitative estimate of drug-likeness (QED) is 0.715. The Morgan fingerprint density at radius 1 is 1.38 bits per heavy atom. The van der Waals surface area contributed by atoms with Gasteiger partial charge in [-0.1, -0.05) is 0 Å². The fourth-order valence-electron chi connectivity index (χ4n) is 1.82. The lowest BCUT2D eigenvalue weighted by atomic mass is 9.95. The Bertz CT molecular complexity index is 458. The SMILES string of the molecule is COc1ccc2c(c1)OC(C)(C)C=C2C=O. The molecule has 0 aliphatic carbocycles. The van der Waals surface area contributed by atoms with E-state index in [1.54, 1.807) is 13.2 Å². The summed E-state index contributed by atoms with van der Waals surface area (Å²) in [5, 5.41) is 0. The molecule has 2 rings (SSSR count). The smallest absolute Gasteiger partial charge is 0.150 e. The van der Waals surface area contributed by atoms with Gasteiger partial charge in [0.05, 0.1) is 7.11 Å². The lowest BCUT2D eigenvalue weighted by molar-refractivity contribution is -0.103. The summed E-state index contributed by atoms with van der Waals surface area (Å²) in [4.78, 5) is 11.0. The van der Waals surface area contributed by atoms with Gasteiger partial charge in [-0.05, 0) is 32.1 Å². The van der Waals surface area contributed by atoms with Crippen molar-refractivity contribution in [1.82, 2.24) is 0 Å². The number of hydrogen-bond acceptors (Lipinski definition) is 3. The Morgan fingerprint density at radius 2 is 2.12 bits per heavy atom. The van der Waals surface area contributed by atoms with Gasteiger partial charge in [-0.3, -0.25) is 4.79 Å². The van der Waals surface area contributed by atoms with E-state index in [0.29, 0.717) is 11.3 Å². The molecule has 3 nitrogen and oxygen atoms in total. The number of fused-ring (bicyclic) bond motifs is 1. The number of benzene rings is 1. The topological polar surface area (TPSA) is 35.5 Å². The maximum atomic E-state index is 11.0. The minimum absolute atomic E-state index is 0.463. The molecule has 0 amide bonds. The van der Waals surface area contributed by atoms with Crippen molar-refractivity contribution in [2.24, 2.45) is 0 Å². The third-order valence-electron chi connectivity index (χ3n) is 2.50. The Hall–Kier alpha value is -1.77. The highest BCUT2D eigenvalue weighted by atomic mass is 16.5. The molecule has 0 N–H and O–H groups in total. The number of ether oxygens (including phenoxy) is 2. The Morgan fingerprint density at radius 3 is 2.75 bits per heavy atom. The lowest BCUT2D eigenvalue weighted by Gasteiger charge is -2.29. The van der Waals surface area contributed by atoms with Crippen molar-refractivity contribution in [3.63, 3.8) is 0 Å². The molecule has 0 saturated carbocycles. The van der Waals surface area contributed by atoms with E-state index in [0.717, 1.165) is 17.6 Å². The van der Waals surface area contributed by atoms with E-state index < -0.39 is 5.60 Å². The summed E-state index contributed by atoms with van der Waals surface area (Å²) in [7, 11) is 1.60. The molecular formula is C13H14O3. The van der Waals surface area contributed by atoms with E-state index in [1.165, 1.54) is 0 Å². The highest BCUT2D eigenvalue weighted by Crippen LogP contribution is 2.37. The molecule has 3 heteroatoms. The van der Waals surface area contributed by atoms with E-state index in [-0.39, 0.29) is 0 Å². The summed E-state index contributed by atoms with van der Waals surface area (Å²) >= 11 is 0. The van der Waals surface area contributed by atoms with E-state index in [2.05, 4.69) is 0 Å². The molecule has 16 heavy (non-hydrogen) atoms. The van der Waals surface area contributed by atoms with Gasteiger partial charge in [0.15, 0.2) is 6.29 Å². The highest BCUT2D eigenvalue weighted by Gasteiger charge is 2.26. The van der Waals surface area contributed by atoms with Gasteiger partial charge in [0.25, 0.3) is 0 Å². The first-order valence-corrected chi connectivity index (χ1v) is 5.11. The summed E-state index contributed by atoms with van der Waals surface area (Å²) in [6.07, 6.45) is 2.68. The summed E-state index contributed by atoms with van der Waals surface area (Å²) in [6.45, 7) is 3.83. The molecule has 0 radical (unpaired) electrons. The minimum atomic E-state index is -0.463. The van der Waals surface area contributed by atoms with Gasteiger partial charge in [-0.15, -0.1) is 0 Å². The minimum Gasteiger partial charge on any atom is -0.497 e. The van der Waals surface area contributed by atoms with Gasteiger partial charge in [-0.2, -0.15) is 0 Å². The monoisotopic (exact) mass is 218 g/mol. The highest BCUT2D eigenvalue weighted by molar-refractivity contribution is 6.09. The van der Waals surface area contributed by atoms with Crippen molar-refractivity contribution < 1.29 is 14.3 Å². The molecule has 0 atom stereocenters. The van der Waals surface area contributed by atoms with Crippen molar-refractivity contribution in [3.05, 3.63) is 29.8 Å². The van der Waals surface area contributed by atoms with Crippen LogP contribution in [0, 0.1) is 0 Å². The van der Waals surface area contributed by atoms with Gasteiger partial charge in [0, 0.05) is 17.2 Å². The van der Waals surface area contributed by atoms with Crippen molar-refractivity contribution in [1.29, 1.82) is 0 Å². The van der Waals surface area contributed by atoms with Crippen LogP contribution in [0.4, 0.5) is 0 Å². The molecule has 0 saturated heterocycles. The summed E-state index contributed by atoms with van der Waals surface area (Å²) in [5.41, 5.74) is 1.01. The predicted octanol–water partition coefficient (Wildman–Crippen LogP) is 2.45. The van der Waals surface area contributed by atoms with Crippen molar-refractivity contribution in [2.45, 2.75) is 19.4 Å². The third-order valence-corrected chi connectivity index (χ3v) is 2.50. The van der Waals surface area contributed by atoms with Gasteiger partial charge < -0.3 is 9.47 Å². The second-order valence-electron chi connectivity index (χ2n) is 4.29. The van der Waals surface area contributed by atoms with Crippen molar-refractivity contribution in [2.75, 3.05) is 7.11 Å². The Balaban J connectivity index is 2.55. The van der Waals surface area contributed by atoms with Crippen LogP contribution in [0.25, 0.3) is 5.57 Å². The van der Waals surface area contributed by atoms with Crippen LogP contribution in [0.15, 0.2) is 24.3 Å². The van der Waals surface area contributed by atoms with E-state index >= 15 is 0 Å². The van der Waals surface area contributed by atoms with Crippen LogP contribution in [0.1, 0.15) is 19.4 Å². The van der Waals surface area contributed by atoms with Crippen LogP contribution in [-0.4, -0.2) is 19.0 Å². The molecule has 1 aliphatic heterocycles. The first-order valence-electron chi connectivity index (χ1n) is 5.11. The lowest BCUT2D eigenvalue weighted by Crippen LogP contribution is -2.29. The van der Waals surface area contributed by atoms with E-state index in [4.69, 9.17) is 9.47 Å². The first kappa shape index (κ1) is 10.7. The zero-order chi connectivity index (χ0) is 11.8. The maximum Gasteiger partial charge on any atom is 0.150 e. The van der Waals surface area contributed by atoms with Crippen LogP contribution >= 0.6 is 0 Å². The van der Waals surface area contributed by atoms with Crippen molar-refractivity contribution >= 4 is 11.9 Å². The van der Waals surface area contributed by atoms with Crippen LogP contribution < -0.4 is 9.47 Å². The summed E-state index contributed by atoms with van der Waals surface area (Å²) in [5.74, 6) is 1.41. The van der Waals surface area contributed by atoms with Crippen LogP contribution in [-0.2, 0) is 4.79 Å². The standard InChI is InChI=1S/C13H14O3/c1-13(2)7-9(8-14)11-5-4-10(15-3)6-12(11)16-13/h4-8H,1-3H3. The average molecular weight is 218 g/mol. The van der Waals surface area contributed by atoms with Gasteiger partial charge in [-0.25, -0.2) is 0 Å². The van der Waals surface area contributed by atoms with Crippen LogP contribution in [0.3, 0.4) is 0 Å². The predicted molar refractivity (Wildman–Crippen MR) is 61.7 cm³/mol. The zero-order valence-corrected chi connectivity index (χ0v) is 9.61. The number of methoxy groups -OCH3 is 1. The first-order chi connectivity index (χ1) is 7.55. The number of allylic oxidation sites excluding steroid dienone is 1. The van der Waals surface area contributed by atoms with Gasteiger partial charge in [0.2, 0.25) is 0 Å². The number of carbonyl (C=O) groups excluding carboxylic acids is 1.